The minimum absolute atomic E-state index is 0.0546. The number of benzene rings is 1. The molecule has 0 saturated carbocycles. The van der Waals surface area contributed by atoms with Crippen LogP contribution >= 0.6 is 0 Å². The van der Waals surface area contributed by atoms with Crippen LogP contribution in [0.1, 0.15) is 10.5 Å². The first-order valence-corrected chi connectivity index (χ1v) is 5.21. The van der Waals surface area contributed by atoms with E-state index in [2.05, 4.69) is 4.98 Å². The summed E-state index contributed by atoms with van der Waals surface area (Å²) in [6.45, 7) is 0. The largest absolute Gasteiger partial charge is 0.497 e. The highest BCUT2D eigenvalue weighted by Crippen LogP contribution is 2.22. The number of nitrogens with zero attached hydrogens (tertiary/aromatic N) is 1. The van der Waals surface area contributed by atoms with Gasteiger partial charge in [0.1, 0.15) is 11.5 Å². The van der Waals surface area contributed by atoms with Gasteiger partial charge in [-0.1, -0.05) is 6.07 Å². The van der Waals surface area contributed by atoms with E-state index in [1.54, 1.807) is 43.5 Å². The number of aromatic nitrogens is 1. The molecule has 0 bridgehead atoms. The van der Waals surface area contributed by atoms with Crippen LogP contribution in [0.15, 0.2) is 42.5 Å². The van der Waals surface area contributed by atoms with Crippen LogP contribution in [-0.4, -0.2) is 23.2 Å². The predicted octanol–water partition coefficient (Wildman–Crippen LogP) is 2.58. The zero-order chi connectivity index (χ0) is 13.0. The monoisotopic (exact) mass is 245 g/mol. The van der Waals surface area contributed by atoms with Crippen molar-refractivity contribution in [3.63, 3.8) is 0 Å². The molecule has 0 aliphatic heterocycles. The number of aromatic carboxylic acids is 1. The SMILES string of the molecule is COc1ccc(Oc2cccc(C(=O)O)n2)cc1. The molecule has 0 saturated heterocycles. The van der Waals surface area contributed by atoms with E-state index in [1.165, 1.54) is 6.07 Å². The Labute approximate surface area is 104 Å². The molecule has 5 nitrogen and oxygen atoms in total. The van der Waals surface area contributed by atoms with Gasteiger partial charge in [-0.2, -0.15) is 0 Å². The fourth-order valence-corrected chi connectivity index (χ4v) is 1.36. The van der Waals surface area contributed by atoms with Crippen molar-refractivity contribution in [1.29, 1.82) is 0 Å². The molecule has 2 rings (SSSR count). The van der Waals surface area contributed by atoms with Crippen LogP contribution in [0.4, 0.5) is 0 Å². The summed E-state index contributed by atoms with van der Waals surface area (Å²) in [5.41, 5.74) is -0.0546. The maximum atomic E-state index is 10.8. The van der Waals surface area contributed by atoms with E-state index in [1.807, 2.05) is 0 Å². The highest BCUT2D eigenvalue weighted by atomic mass is 16.5. The van der Waals surface area contributed by atoms with E-state index in [-0.39, 0.29) is 11.6 Å². The average molecular weight is 245 g/mol. The number of carbonyl (C=O) groups is 1. The van der Waals surface area contributed by atoms with Crippen LogP contribution in [0.3, 0.4) is 0 Å². The van der Waals surface area contributed by atoms with Gasteiger partial charge in [0, 0.05) is 6.07 Å². The summed E-state index contributed by atoms with van der Waals surface area (Å²) in [6, 6.07) is 11.5. The third kappa shape index (κ3) is 2.76. The third-order valence-electron chi connectivity index (χ3n) is 2.22. The molecule has 0 fully saturated rings. The lowest BCUT2D eigenvalue weighted by molar-refractivity contribution is 0.0689. The number of methoxy groups -OCH3 is 1. The maximum Gasteiger partial charge on any atom is 0.354 e. The molecule has 5 heteroatoms. The number of hydrogen-bond donors (Lipinski definition) is 1. The Morgan fingerprint density at radius 1 is 1.11 bits per heavy atom. The normalized spacial score (nSPS) is 9.83. The van der Waals surface area contributed by atoms with Gasteiger partial charge in [-0.3, -0.25) is 0 Å². The minimum Gasteiger partial charge on any atom is -0.497 e. The van der Waals surface area contributed by atoms with Gasteiger partial charge < -0.3 is 14.6 Å². The van der Waals surface area contributed by atoms with Crippen LogP contribution in [0, 0.1) is 0 Å². The Balaban J connectivity index is 2.17. The molecular formula is C13H11NO4. The fourth-order valence-electron chi connectivity index (χ4n) is 1.36. The summed E-state index contributed by atoms with van der Waals surface area (Å²) in [7, 11) is 1.58. The third-order valence-corrected chi connectivity index (χ3v) is 2.22. The Morgan fingerprint density at radius 2 is 1.78 bits per heavy atom. The first kappa shape index (κ1) is 11.9. The number of carboxylic acids is 1. The molecule has 1 N–H and O–H groups in total. The highest BCUT2D eigenvalue weighted by molar-refractivity contribution is 5.85. The van der Waals surface area contributed by atoms with Crippen LogP contribution < -0.4 is 9.47 Å². The molecule has 92 valence electrons. The molecule has 0 radical (unpaired) electrons. The Morgan fingerprint density at radius 3 is 2.39 bits per heavy atom. The second-order valence-electron chi connectivity index (χ2n) is 3.44. The molecule has 0 atom stereocenters. The molecule has 0 unspecified atom stereocenters. The Kier molecular flexibility index (Phi) is 3.43. The number of pyridine rings is 1. The van der Waals surface area contributed by atoms with Crippen molar-refractivity contribution >= 4 is 5.97 Å². The smallest absolute Gasteiger partial charge is 0.354 e. The lowest BCUT2D eigenvalue weighted by Crippen LogP contribution is -2.00. The van der Waals surface area contributed by atoms with E-state index in [9.17, 15) is 4.79 Å². The maximum absolute atomic E-state index is 10.8. The van der Waals surface area contributed by atoms with Crippen molar-refractivity contribution in [3.05, 3.63) is 48.2 Å². The van der Waals surface area contributed by atoms with Crippen LogP contribution in [-0.2, 0) is 0 Å². The van der Waals surface area contributed by atoms with E-state index in [0.717, 1.165) is 5.75 Å². The van der Waals surface area contributed by atoms with Gasteiger partial charge in [0.25, 0.3) is 0 Å². The summed E-state index contributed by atoms with van der Waals surface area (Å²) in [4.78, 5) is 14.6. The first-order valence-electron chi connectivity index (χ1n) is 5.21. The van der Waals surface area contributed by atoms with Crippen molar-refractivity contribution in [1.82, 2.24) is 4.98 Å². The molecule has 0 aliphatic rings. The topological polar surface area (TPSA) is 68.7 Å². The molecule has 0 spiro atoms. The first-order chi connectivity index (χ1) is 8.69. The molecule has 2 aromatic rings. The number of rotatable bonds is 4. The van der Waals surface area contributed by atoms with Crippen molar-refractivity contribution < 1.29 is 19.4 Å². The van der Waals surface area contributed by atoms with Crippen molar-refractivity contribution in [2.45, 2.75) is 0 Å². The standard InChI is InChI=1S/C13H11NO4/c1-17-9-5-7-10(8-6-9)18-12-4-2-3-11(14-12)13(15)16/h2-8H,1H3,(H,15,16). The molecule has 18 heavy (non-hydrogen) atoms. The number of ether oxygens (including phenoxy) is 2. The molecule has 0 amide bonds. The molecule has 1 aromatic heterocycles. The van der Waals surface area contributed by atoms with Crippen LogP contribution in [0.5, 0.6) is 17.4 Å². The van der Waals surface area contributed by atoms with Gasteiger partial charge in [-0.05, 0) is 30.3 Å². The van der Waals surface area contributed by atoms with Crippen molar-refractivity contribution in [3.8, 4) is 17.4 Å². The summed E-state index contributed by atoms with van der Waals surface area (Å²) in [5, 5.41) is 8.81. The minimum atomic E-state index is -1.09. The van der Waals surface area contributed by atoms with Crippen molar-refractivity contribution in [2.75, 3.05) is 7.11 Å². The highest BCUT2D eigenvalue weighted by Gasteiger charge is 2.06. The van der Waals surface area contributed by atoms with Gasteiger partial charge in [0.2, 0.25) is 5.88 Å². The van der Waals surface area contributed by atoms with Crippen molar-refractivity contribution in [2.24, 2.45) is 0 Å². The Hall–Kier alpha value is -2.56. The Bertz CT molecular complexity index is 551. The predicted molar refractivity (Wildman–Crippen MR) is 64.3 cm³/mol. The average Bonchev–Trinajstić information content (AvgIpc) is 2.40. The van der Waals surface area contributed by atoms with E-state index in [0.29, 0.717) is 5.75 Å². The van der Waals surface area contributed by atoms with Gasteiger partial charge in [0.15, 0.2) is 5.69 Å². The lowest BCUT2D eigenvalue weighted by atomic mass is 10.3. The molecular weight excluding hydrogens is 234 g/mol. The lowest BCUT2D eigenvalue weighted by Gasteiger charge is -2.06. The summed E-state index contributed by atoms with van der Waals surface area (Å²) in [5.74, 6) is 0.427. The summed E-state index contributed by atoms with van der Waals surface area (Å²) < 4.78 is 10.5. The van der Waals surface area contributed by atoms with Crippen LogP contribution in [0.25, 0.3) is 0 Å². The van der Waals surface area contributed by atoms with Crippen LogP contribution in [0.2, 0.25) is 0 Å². The summed E-state index contributed by atoms with van der Waals surface area (Å²) >= 11 is 0. The van der Waals surface area contributed by atoms with Gasteiger partial charge >= 0.3 is 5.97 Å². The van der Waals surface area contributed by atoms with E-state index in [4.69, 9.17) is 14.6 Å². The molecule has 0 aliphatic carbocycles. The van der Waals surface area contributed by atoms with E-state index >= 15 is 0 Å². The zero-order valence-corrected chi connectivity index (χ0v) is 9.66. The van der Waals surface area contributed by atoms with Gasteiger partial charge in [-0.25, -0.2) is 9.78 Å². The van der Waals surface area contributed by atoms with Gasteiger partial charge in [-0.15, -0.1) is 0 Å². The summed E-state index contributed by atoms with van der Waals surface area (Å²) in [6.07, 6.45) is 0. The fraction of sp³-hybridized carbons (Fsp3) is 0.0769. The number of hydrogen-bond acceptors (Lipinski definition) is 4. The second kappa shape index (κ2) is 5.18. The number of carboxylic acid groups (broad SMARTS) is 1. The molecule has 1 aromatic carbocycles. The zero-order valence-electron chi connectivity index (χ0n) is 9.66. The van der Waals surface area contributed by atoms with Gasteiger partial charge in [0.05, 0.1) is 7.11 Å². The quantitative estimate of drug-likeness (QED) is 0.896. The van der Waals surface area contributed by atoms with E-state index < -0.39 is 5.97 Å². The molecule has 1 heterocycles. The second-order valence-corrected chi connectivity index (χ2v) is 3.44.